The molecular weight excluding hydrogens is 224 g/mol. The van der Waals surface area contributed by atoms with Gasteiger partial charge in [0.2, 0.25) is 0 Å². The normalized spacial score (nSPS) is 33.0. The van der Waals surface area contributed by atoms with Gasteiger partial charge in [0.1, 0.15) is 0 Å². The Morgan fingerprint density at radius 1 is 1.11 bits per heavy atom. The molecule has 3 fully saturated rings. The maximum absolute atomic E-state index is 5.71. The molecule has 1 aliphatic heterocycles. The zero-order valence-corrected chi connectivity index (χ0v) is 11.7. The molecule has 1 saturated heterocycles. The van der Waals surface area contributed by atoms with E-state index >= 15 is 0 Å². The third-order valence-corrected chi connectivity index (χ3v) is 4.66. The van der Waals surface area contributed by atoms with Gasteiger partial charge >= 0.3 is 0 Å². The molecule has 18 heavy (non-hydrogen) atoms. The van der Waals surface area contributed by atoms with Crippen molar-refractivity contribution in [1.82, 2.24) is 10.2 Å². The Kier molecular flexibility index (Phi) is 4.22. The van der Waals surface area contributed by atoms with Crippen LogP contribution < -0.4 is 5.32 Å². The minimum Gasteiger partial charge on any atom is -0.381 e. The van der Waals surface area contributed by atoms with Gasteiger partial charge in [-0.3, -0.25) is 4.90 Å². The lowest BCUT2D eigenvalue weighted by Crippen LogP contribution is -2.48. The molecule has 0 aromatic heterocycles. The largest absolute Gasteiger partial charge is 0.381 e. The zero-order valence-electron chi connectivity index (χ0n) is 11.7. The van der Waals surface area contributed by atoms with Crippen LogP contribution in [0.1, 0.15) is 39.0 Å². The second-order valence-corrected chi connectivity index (χ2v) is 6.42. The highest BCUT2D eigenvalue weighted by Gasteiger charge is 2.36. The SMILES string of the molecule is CCNC1CCOCC1CN(CC1CC1)C1CC1. The van der Waals surface area contributed by atoms with E-state index in [9.17, 15) is 0 Å². The van der Waals surface area contributed by atoms with Gasteiger partial charge in [0.25, 0.3) is 0 Å². The molecule has 3 rings (SSSR count). The highest BCUT2D eigenvalue weighted by Crippen LogP contribution is 2.35. The lowest BCUT2D eigenvalue weighted by atomic mass is 9.95. The van der Waals surface area contributed by atoms with Crippen molar-refractivity contribution in [2.45, 2.75) is 51.1 Å². The average molecular weight is 252 g/mol. The number of nitrogens with zero attached hydrogens (tertiary/aromatic N) is 1. The molecule has 0 amide bonds. The van der Waals surface area contributed by atoms with Crippen LogP contribution in [0.15, 0.2) is 0 Å². The highest BCUT2D eigenvalue weighted by molar-refractivity contribution is 4.91. The van der Waals surface area contributed by atoms with Gasteiger partial charge in [0.15, 0.2) is 0 Å². The highest BCUT2D eigenvalue weighted by atomic mass is 16.5. The summed E-state index contributed by atoms with van der Waals surface area (Å²) in [6.45, 7) is 7.84. The second kappa shape index (κ2) is 5.89. The summed E-state index contributed by atoms with van der Waals surface area (Å²) in [6, 6.07) is 1.60. The molecule has 2 saturated carbocycles. The third-order valence-electron chi connectivity index (χ3n) is 4.66. The summed E-state index contributed by atoms with van der Waals surface area (Å²) < 4.78 is 5.71. The Bertz CT molecular complexity index is 261. The lowest BCUT2D eigenvalue weighted by molar-refractivity contribution is 0.0151. The predicted molar refractivity (Wildman–Crippen MR) is 73.7 cm³/mol. The minimum absolute atomic E-state index is 0.684. The van der Waals surface area contributed by atoms with Crippen molar-refractivity contribution < 1.29 is 4.74 Å². The fourth-order valence-corrected chi connectivity index (χ4v) is 3.25. The summed E-state index contributed by atoms with van der Waals surface area (Å²) in [5.74, 6) is 1.73. The Balaban J connectivity index is 1.53. The van der Waals surface area contributed by atoms with Crippen LogP contribution in [-0.2, 0) is 4.74 Å². The summed E-state index contributed by atoms with van der Waals surface area (Å²) in [5, 5.41) is 3.66. The predicted octanol–water partition coefficient (Wildman–Crippen LogP) is 1.88. The van der Waals surface area contributed by atoms with E-state index in [1.54, 1.807) is 0 Å². The number of ether oxygens (including phenoxy) is 1. The molecule has 0 bridgehead atoms. The van der Waals surface area contributed by atoms with Gasteiger partial charge in [-0.25, -0.2) is 0 Å². The van der Waals surface area contributed by atoms with Crippen LogP contribution in [0.25, 0.3) is 0 Å². The van der Waals surface area contributed by atoms with Crippen molar-refractivity contribution in [1.29, 1.82) is 0 Å². The van der Waals surface area contributed by atoms with E-state index in [0.717, 1.165) is 31.7 Å². The van der Waals surface area contributed by atoms with Crippen molar-refractivity contribution in [2.75, 3.05) is 32.8 Å². The molecule has 3 aliphatic rings. The molecule has 1 N–H and O–H groups in total. The smallest absolute Gasteiger partial charge is 0.0521 e. The van der Waals surface area contributed by atoms with Crippen LogP contribution in [0.5, 0.6) is 0 Å². The molecule has 0 aromatic rings. The zero-order chi connectivity index (χ0) is 12.4. The van der Waals surface area contributed by atoms with E-state index in [0.29, 0.717) is 12.0 Å². The van der Waals surface area contributed by atoms with Gasteiger partial charge in [-0.2, -0.15) is 0 Å². The van der Waals surface area contributed by atoms with Gasteiger partial charge in [0, 0.05) is 37.7 Å². The molecule has 0 spiro atoms. The van der Waals surface area contributed by atoms with E-state index < -0.39 is 0 Å². The van der Waals surface area contributed by atoms with Crippen molar-refractivity contribution in [2.24, 2.45) is 11.8 Å². The summed E-state index contributed by atoms with van der Waals surface area (Å²) in [4.78, 5) is 2.78. The third kappa shape index (κ3) is 3.46. The van der Waals surface area contributed by atoms with Crippen molar-refractivity contribution in [3.8, 4) is 0 Å². The fraction of sp³-hybridized carbons (Fsp3) is 1.00. The molecule has 2 atom stereocenters. The Morgan fingerprint density at radius 3 is 2.61 bits per heavy atom. The molecule has 3 nitrogen and oxygen atoms in total. The quantitative estimate of drug-likeness (QED) is 0.749. The van der Waals surface area contributed by atoms with Crippen LogP contribution in [-0.4, -0.2) is 49.8 Å². The van der Waals surface area contributed by atoms with Gasteiger partial charge < -0.3 is 10.1 Å². The van der Waals surface area contributed by atoms with Crippen LogP contribution in [0.3, 0.4) is 0 Å². The van der Waals surface area contributed by atoms with Gasteiger partial charge in [0.05, 0.1) is 6.61 Å². The summed E-state index contributed by atoms with van der Waals surface area (Å²) in [5.41, 5.74) is 0. The first-order chi connectivity index (χ1) is 8.86. The van der Waals surface area contributed by atoms with E-state index in [4.69, 9.17) is 4.74 Å². The fourth-order valence-electron chi connectivity index (χ4n) is 3.25. The van der Waals surface area contributed by atoms with Crippen LogP contribution in [0.2, 0.25) is 0 Å². The first-order valence-corrected chi connectivity index (χ1v) is 7.92. The molecule has 0 aromatic carbocycles. The minimum atomic E-state index is 0.684. The van der Waals surface area contributed by atoms with Crippen LogP contribution in [0, 0.1) is 11.8 Å². The molecule has 104 valence electrons. The van der Waals surface area contributed by atoms with Crippen LogP contribution >= 0.6 is 0 Å². The van der Waals surface area contributed by atoms with Crippen LogP contribution in [0.4, 0.5) is 0 Å². The molecule has 3 heteroatoms. The van der Waals surface area contributed by atoms with Gasteiger partial charge in [-0.15, -0.1) is 0 Å². The summed E-state index contributed by atoms with van der Waals surface area (Å²) in [6.07, 6.45) is 7.01. The van der Waals surface area contributed by atoms with E-state index in [1.165, 1.54) is 45.2 Å². The molecule has 2 unspecified atom stereocenters. The van der Waals surface area contributed by atoms with Crippen molar-refractivity contribution >= 4 is 0 Å². The maximum atomic E-state index is 5.71. The first-order valence-electron chi connectivity index (χ1n) is 7.92. The lowest BCUT2D eigenvalue weighted by Gasteiger charge is -2.36. The Morgan fingerprint density at radius 2 is 1.94 bits per heavy atom. The molecule has 1 heterocycles. The molecule has 0 radical (unpaired) electrons. The van der Waals surface area contributed by atoms with E-state index in [1.807, 2.05) is 0 Å². The Hall–Kier alpha value is -0.120. The summed E-state index contributed by atoms with van der Waals surface area (Å²) >= 11 is 0. The van der Waals surface area contributed by atoms with E-state index in [2.05, 4.69) is 17.1 Å². The first kappa shape index (κ1) is 12.9. The number of hydrogen-bond donors (Lipinski definition) is 1. The van der Waals surface area contributed by atoms with Gasteiger partial charge in [-0.1, -0.05) is 6.92 Å². The number of nitrogens with one attached hydrogen (secondary N) is 1. The topological polar surface area (TPSA) is 24.5 Å². The Labute approximate surface area is 111 Å². The maximum Gasteiger partial charge on any atom is 0.0521 e. The average Bonchev–Trinajstić information content (AvgIpc) is 3.25. The molecular formula is C15H28N2O. The van der Waals surface area contributed by atoms with E-state index in [-0.39, 0.29) is 0 Å². The van der Waals surface area contributed by atoms with Gasteiger partial charge in [-0.05, 0) is 44.6 Å². The number of hydrogen-bond acceptors (Lipinski definition) is 3. The summed E-state index contributed by atoms with van der Waals surface area (Å²) in [7, 11) is 0. The second-order valence-electron chi connectivity index (χ2n) is 6.42. The van der Waals surface area contributed by atoms with Crippen molar-refractivity contribution in [3.63, 3.8) is 0 Å². The molecule has 2 aliphatic carbocycles. The van der Waals surface area contributed by atoms with Crippen molar-refractivity contribution in [3.05, 3.63) is 0 Å². The number of rotatable bonds is 7. The monoisotopic (exact) mass is 252 g/mol. The standard InChI is InChI=1S/C15H28N2O/c1-2-16-15-7-8-18-11-13(15)10-17(14-5-6-14)9-12-3-4-12/h12-16H,2-11H2,1H3.